The standard InChI is InChI=1S/C27H35N5O2/c1-4-27(5-2)21-16-22-20(19-8-6-7-18-17(3)29-30-25(18)24(19)28-22)15-23(21)32(26(27)33)10-9-31-11-13-34-14-12-31/h15-16,28H,4-14H2,1-3H3,(H,29,30). The zero-order valence-electron chi connectivity index (χ0n) is 20.6. The SMILES string of the molecule is CCC1(CC)C(=O)N(CCN2CCOCC2)c2cc3c4c([nH]c3cc21)-c1n[nH]c(C)c1CCC4. The highest BCUT2D eigenvalue weighted by molar-refractivity contribution is 6.11. The number of hydrogen-bond donors (Lipinski definition) is 2. The van der Waals surface area contributed by atoms with Gasteiger partial charge in [-0.2, -0.15) is 5.10 Å². The summed E-state index contributed by atoms with van der Waals surface area (Å²) in [7, 11) is 0. The van der Waals surface area contributed by atoms with Gasteiger partial charge in [0.05, 0.1) is 24.3 Å². The summed E-state index contributed by atoms with van der Waals surface area (Å²) in [5.41, 5.74) is 9.05. The van der Waals surface area contributed by atoms with Gasteiger partial charge in [0, 0.05) is 54.0 Å². The summed E-state index contributed by atoms with van der Waals surface area (Å²) in [4.78, 5) is 22.1. The molecule has 7 heteroatoms. The van der Waals surface area contributed by atoms with Crippen molar-refractivity contribution in [2.24, 2.45) is 0 Å². The molecule has 0 radical (unpaired) electrons. The van der Waals surface area contributed by atoms with Crippen LogP contribution in [0.5, 0.6) is 0 Å². The highest BCUT2D eigenvalue weighted by Crippen LogP contribution is 2.49. The van der Waals surface area contributed by atoms with Gasteiger partial charge in [-0.1, -0.05) is 13.8 Å². The molecule has 6 rings (SSSR count). The first-order chi connectivity index (χ1) is 16.6. The van der Waals surface area contributed by atoms with E-state index >= 15 is 0 Å². The first-order valence-electron chi connectivity index (χ1n) is 12.9. The van der Waals surface area contributed by atoms with Gasteiger partial charge in [0.1, 0.15) is 5.69 Å². The smallest absolute Gasteiger partial charge is 0.237 e. The van der Waals surface area contributed by atoms with E-state index < -0.39 is 5.41 Å². The average molecular weight is 462 g/mol. The van der Waals surface area contributed by atoms with E-state index in [1.54, 1.807) is 0 Å². The lowest BCUT2D eigenvalue weighted by Gasteiger charge is -2.30. The molecule has 1 amide bonds. The molecule has 0 spiro atoms. The van der Waals surface area contributed by atoms with E-state index in [1.807, 2.05) is 0 Å². The number of amides is 1. The number of fused-ring (bicyclic) bond motifs is 6. The lowest BCUT2D eigenvalue weighted by molar-refractivity contribution is -0.123. The van der Waals surface area contributed by atoms with Gasteiger partial charge in [-0.15, -0.1) is 0 Å². The Labute approximate surface area is 200 Å². The van der Waals surface area contributed by atoms with Crippen LogP contribution in [0.25, 0.3) is 22.3 Å². The highest BCUT2D eigenvalue weighted by Gasteiger charge is 2.48. The van der Waals surface area contributed by atoms with Gasteiger partial charge in [0.2, 0.25) is 5.91 Å². The van der Waals surface area contributed by atoms with Crippen LogP contribution in [0, 0.1) is 6.92 Å². The molecule has 0 saturated carbocycles. The van der Waals surface area contributed by atoms with Crippen LogP contribution in [0.15, 0.2) is 12.1 Å². The summed E-state index contributed by atoms with van der Waals surface area (Å²) in [6.45, 7) is 11.5. The molecule has 0 atom stereocenters. The fraction of sp³-hybridized carbons (Fsp3) is 0.556. The Hall–Kier alpha value is -2.64. The Balaban J connectivity index is 1.46. The summed E-state index contributed by atoms with van der Waals surface area (Å²) in [6.07, 6.45) is 4.82. The van der Waals surface area contributed by atoms with Gasteiger partial charge in [0.15, 0.2) is 0 Å². The van der Waals surface area contributed by atoms with Gasteiger partial charge in [-0.3, -0.25) is 14.8 Å². The summed E-state index contributed by atoms with van der Waals surface area (Å²) in [6, 6.07) is 4.58. The molecular weight excluding hydrogens is 426 g/mol. The van der Waals surface area contributed by atoms with Crippen molar-refractivity contribution in [1.82, 2.24) is 20.1 Å². The van der Waals surface area contributed by atoms with E-state index in [4.69, 9.17) is 4.74 Å². The fourth-order valence-electron chi connectivity index (χ4n) is 6.47. The molecule has 2 N–H and O–H groups in total. The maximum absolute atomic E-state index is 13.9. The van der Waals surface area contributed by atoms with E-state index in [1.165, 1.54) is 27.8 Å². The molecule has 4 heterocycles. The number of nitrogens with one attached hydrogen (secondary N) is 2. The lowest BCUT2D eigenvalue weighted by Crippen LogP contribution is -2.45. The van der Waals surface area contributed by atoms with Gasteiger partial charge in [-0.05, 0) is 62.3 Å². The maximum Gasteiger partial charge on any atom is 0.237 e. The number of ether oxygens (including phenoxy) is 1. The van der Waals surface area contributed by atoms with E-state index in [0.29, 0.717) is 0 Å². The Morgan fingerprint density at radius 3 is 2.62 bits per heavy atom. The van der Waals surface area contributed by atoms with Crippen molar-refractivity contribution in [1.29, 1.82) is 0 Å². The number of rotatable bonds is 5. The number of anilines is 1. The molecule has 2 aliphatic heterocycles. The number of carbonyl (C=O) groups excluding carboxylic acids is 1. The number of aromatic nitrogens is 3. The average Bonchev–Trinajstić information content (AvgIpc) is 3.42. The van der Waals surface area contributed by atoms with Crippen molar-refractivity contribution < 1.29 is 9.53 Å². The van der Waals surface area contributed by atoms with Crippen LogP contribution in [0.3, 0.4) is 0 Å². The molecule has 1 aliphatic carbocycles. The Kier molecular flexibility index (Phi) is 5.30. The molecule has 1 fully saturated rings. The number of H-pyrrole nitrogens is 2. The summed E-state index contributed by atoms with van der Waals surface area (Å²) >= 11 is 0. The summed E-state index contributed by atoms with van der Waals surface area (Å²) in [5, 5.41) is 9.10. The third-order valence-corrected chi connectivity index (χ3v) is 8.60. The molecule has 1 aromatic carbocycles. The number of morpholine rings is 1. The summed E-state index contributed by atoms with van der Waals surface area (Å²) < 4.78 is 5.51. The van der Waals surface area contributed by atoms with Gasteiger partial charge < -0.3 is 14.6 Å². The van der Waals surface area contributed by atoms with Crippen molar-refractivity contribution in [3.05, 3.63) is 34.5 Å². The maximum atomic E-state index is 13.9. The minimum absolute atomic E-state index is 0.268. The number of aryl methyl sites for hydroxylation is 2. The predicted octanol–water partition coefficient (Wildman–Crippen LogP) is 4.09. The number of benzene rings is 1. The van der Waals surface area contributed by atoms with Crippen LogP contribution >= 0.6 is 0 Å². The third-order valence-electron chi connectivity index (χ3n) is 8.60. The molecule has 180 valence electrons. The molecule has 1 saturated heterocycles. The van der Waals surface area contributed by atoms with E-state index in [2.05, 4.69) is 57.9 Å². The summed E-state index contributed by atoms with van der Waals surface area (Å²) in [5.74, 6) is 0.268. The van der Waals surface area contributed by atoms with Crippen molar-refractivity contribution in [2.75, 3.05) is 44.3 Å². The Bertz CT molecular complexity index is 1250. The first-order valence-corrected chi connectivity index (χ1v) is 12.9. The van der Waals surface area contributed by atoms with Crippen molar-refractivity contribution in [3.63, 3.8) is 0 Å². The zero-order valence-corrected chi connectivity index (χ0v) is 20.6. The minimum atomic E-state index is -0.439. The van der Waals surface area contributed by atoms with Crippen LogP contribution < -0.4 is 4.90 Å². The Morgan fingerprint density at radius 2 is 1.85 bits per heavy atom. The number of hydrogen-bond acceptors (Lipinski definition) is 4. The van der Waals surface area contributed by atoms with Crippen LogP contribution in [0.4, 0.5) is 5.69 Å². The third kappa shape index (κ3) is 3.09. The largest absolute Gasteiger partial charge is 0.379 e. The zero-order chi connectivity index (χ0) is 23.4. The fourth-order valence-corrected chi connectivity index (χ4v) is 6.47. The second kappa shape index (κ2) is 8.24. The highest BCUT2D eigenvalue weighted by atomic mass is 16.5. The first kappa shape index (κ1) is 21.9. The lowest BCUT2D eigenvalue weighted by atomic mass is 9.76. The van der Waals surface area contributed by atoms with Crippen LogP contribution in [-0.2, 0) is 27.8 Å². The number of aromatic amines is 2. The molecule has 3 aliphatic rings. The monoisotopic (exact) mass is 461 g/mol. The molecule has 3 aromatic rings. The topological polar surface area (TPSA) is 77.2 Å². The van der Waals surface area contributed by atoms with E-state index in [9.17, 15) is 4.79 Å². The second-order valence-corrected chi connectivity index (χ2v) is 10.1. The Morgan fingerprint density at radius 1 is 1.09 bits per heavy atom. The van der Waals surface area contributed by atoms with Crippen molar-refractivity contribution in [2.45, 2.75) is 58.3 Å². The number of nitrogens with zero attached hydrogens (tertiary/aromatic N) is 3. The minimum Gasteiger partial charge on any atom is -0.379 e. The van der Waals surface area contributed by atoms with Gasteiger partial charge in [0.25, 0.3) is 0 Å². The van der Waals surface area contributed by atoms with E-state index in [-0.39, 0.29) is 5.91 Å². The number of carbonyl (C=O) groups is 1. The quantitative estimate of drug-likeness (QED) is 0.600. The van der Waals surface area contributed by atoms with Gasteiger partial charge in [-0.25, -0.2) is 0 Å². The predicted molar refractivity (Wildman–Crippen MR) is 135 cm³/mol. The molecule has 2 aromatic heterocycles. The molecule has 34 heavy (non-hydrogen) atoms. The normalized spacial score (nSPS) is 19.9. The van der Waals surface area contributed by atoms with Crippen LogP contribution in [0.2, 0.25) is 0 Å². The van der Waals surface area contributed by atoms with Crippen LogP contribution in [0.1, 0.15) is 55.5 Å². The molecule has 0 bridgehead atoms. The van der Waals surface area contributed by atoms with Crippen molar-refractivity contribution >= 4 is 22.5 Å². The van der Waals surface area contributed by atoms with Crippen molar-refractivity contribution in [3.8, 4) is 11.4 Å². The second-order valence-electron chi connectivity index (χ2n) is 10.1. The molecule has 0 unspecified atom stereocenters. The van der Waals surface area contributed by atoms with Gasteiger partial charge >= 0.3 is 0 Å². The molecule has 7 nitrogen and oxygen atoms in total. The molecular formula is C27H35N5O2. The van der Waals surface area contributed by atoms with Crippen LogP contribution in [-0.4, -0.2) is 65.4 Å². The van der Waals surface area contributed by atoms with E-state index in [0.717, 1.165) is 94.1 Å².